The monoisotopic (exact) mass is 265 g/mol. The molecule has 2 rings (SSSR count). The van der Waals surface area contributed by atoms with Crippen molar-refractivity contribution in [1.29, 1.82) is 0 Å². The Morgan fingerprint density at radius 2 is 2.11 bits per heavy atom. The topological polar surface area (TPSA) is 70.3 Å². The molecule has 5 nitrogen and oxygen atoms in total. The molecule has 2 atom stereocenters. The van der Waals surface area contributed by atoms with Crippen LogP contribution in [0.1, 0.15) is 46.0 Å². The number of anilines is 1. The van der Waals surface area contributed by atoms with Gasteiger partial charge in [-0.2, -0.15) is 9.97 Å². The second kappa shape index (κ2) is 6.59. The van der Waals surface area contributed by atoms with Gasteiger partial charge in [0.15, 0.2) is 5.69 Å². The molecule has 1 saturated carbocycles. The number of hydrogen-bond acceptors (Lipinski definition) is 5. The lowest BCUT2D eigenvalue weighted by Crippen LogP contribution is -2.25. The fourth-order valence-electron chi connectivity index (χ4n) is 2.42. The van der Waals surface area contributed by atoms with Gasteiger partial charge in [0.2, 0.25) is 11.8 Å². The van der Waals surface area contributed by atoms with Gasteiger partial charge in [-0.1, -0.05) is 20.3 Å². The number of hydrogen-bond donors (Lipinski definition) is 1. The van der Waals surface area contributed by atoms with Crippen molar-refractivity contribution in [1.82, 2.24) is 9.97 Å². The van der Waals surface area contributed by atoms with Gasteiger partial charge in [-0.05, 0) is 31.6 Å². The molecule has 2 N–H and O–H groups in total. The van der Waals surface area contributed by atoms with Crippen LogP contribution in [0.5, 0.6) is 11.8 Å². The summed E-state index contributed by atoms with van der Waals surface area (Å²) in [6.07, 6.45) is 7.19. The van der Waals surface area contributed by atoms with Crippen LogP contribution in [-0.4, -0.2) is 22.7 Å². The van der Waals surface area contributed by atoms with Crippen molar-refractivity contribution in [3.8, 4) is 11.8 Å². The molecule has 1 aromatic heterocycles. The standard InChI is InChI=1S/C14H23N3O2/c1-3-7-18-13-12(15)14(17-9-16-13)19-11-6-4-5-10(2)8-11/h9-11H,3-8,15H2,1-2H3. The van der Waals surface area contributed by atoms with E-state index in [0.717, 1.165) is 19.3 Å². The number of rotatable bonds is 5. The van der Waals surface area contributed by atoms with Crippen LogP contribution < -0.4 is 15.2 Å². The van der Waals surface area contributed by atoms with Crippen LogP contribution in [0.15, 0.2) is 6.33 Å². The summed E-state index contributed by atoms with van der Waals surface area (Å²) >= 11 is 0. The Balaban J connectivity index is 2.03. The minimum Gasteiger partial charge on any atom is -0.476 e. The summed E-state index contributed by atoms with van der Waals surface area (Å²) in [4.78, 5) is 8.17. The lowest BCUT2D eigenvalue weighted by molar-refractivity contribution is 0.124. The van der Waals surface area contributed by atoms with E-state index in [1.807, 2.05) is 6.92 Å². The second-order valence-electron chi connectivity index (χ2n) is 5.26. The maximum absolute atomic E-state index is 6.00. The first-order valence-corrected chi connectivity index (χ1v) is 7.10. The first kappa shape index (κ1) is 13.9. The zero-order valence-corrected chi connectivity index (χ0v) is 11.8. The fraction of sp³-hybridized carbons (Fsp3) is 0.714. The summed E-state index contributed by atoms with van der Waals surface area (Å²) in [5, 5.41) is 0. The molecule has 106 valence electrons. The Morgan fingerprint density at radius 3 is 2.84 bits per heavy atom. The summed E-state index contributed by atoms with van der Waals surface area (Å²) in [5.41, 5.74) is 6.41. The van der Waals surface area contributed by atoms with Crippen molar-refractivity contribution in [2.24, 2.45) is 5.92 Å². The maximum atomic E-state index is 6.00. The van der Waals surface area contributed by atoms with Gasteiger partial charge in [0.05, 0.1) is 6.61 Å². The Kier molecular flexibility index (Phi) is 4.82. The van der Waals surface area contributed by atoms with Crippen LogP contribution in [0.3, 0.4) is 0 Å². The van der Waals surface area contributed by atoms with Gasteiger partial charge < -0.3 is 15.2 Å². The molecule has 1 aromatic rings. The minimum absolute atomic E-state index is 0.208. The molecule has 0 aliphatic heterocycles. The van der Waals surface area contributed by atoms with Crippen LogP contribution >= 0.6 is 0 Å². The molecule has 0 saturated heterocycles. The molecule has 0 aromatic carbocycles. The highest BCUT2D eigenvalue weighted by Crippen LogP contribution is 2.31. The van der Waals surface area contributed by atoms with Crippen molar-refractivity contribution < 1.29 is 9.47 Å². The largest absolute Gasteiger partial charge is 0.476 e. The normalized spacial score (nSPS) is 23.1. The van der Waals surface area contributed by atoms with Gasteiger partial charge in [-0.15, -0.1) is 0 Å². The van der Waals surface area contributed by atoms with E-state index in [4.69, 9.17) is 15.2 Å². The number of nitrogen functional groups attached to an aromatic ring is 1. The third kappa shape index (κ3) is 3.72. The van der Waals surface area contributed by atoms with Gasteiger partial charge in [0, 0.05) is 0 Å². The predicted octanol–water partition coefficient (Wildman–Crippen LogP) is 2.81. The van der Waals surface area contributed by atoms with Crippen LogP contribution in [0, 0.1) is 5.92 Å². The van der Waals surface area contributed by atoms with Crippen LogP contribution in [0.4, 0.5) is 5.69 Å². The molecule has 2 unspecified atom stereocenters. The van der Waals surface area contributed by atoms with E-state index in [0.29, 0.717) is 30.0 Å². The lowest BCUT2D eigenvalue weighted by Gasteiger charge is -2.27. The zero-order chi connectivity index (χ0) is 13.7. The van der Waals surface area contributed by atoms with Crippen LogP contribution in [-0.2, 0) is 0 Å². The summed E-state index contributed by atoms with van der Waals surface area (Å²) in [5.74, 6) is 1.59. The average molecular weight is 265 g/mol. The fourth-order valence-corrected chi connectivity index (χ4v) is 2.42. The molecule has 5 heteroatoms. The molecular weight excluding hydrogens is 242 g/mol. The second-order valence-corrected chi connectivity index (χ2v) is 5.26. The molecule has 19 heavy (non-hydrogen) atoms. The smallest absolute Gasteiger partial charge is 0.244 e. The molecule has 0 amide bonds. The first-order valence-electron chi connectivity index (χ1n) is 7.10. The van der Waals surface area contributed by atoms with Crippen molar-refractivity contribution in [2.45, 2.75) is 52.1 Å². The molecule has 0 spiro atoms. The number of nitrogens with two attached hydrogens (primary N) is 1. The summed E-state index contributed by atoms with van der Waals surface area (Å²) in [6.45, 7) is 4.90. The number of ether oxygens (including phenoxy) is 2. The van der Waals surface area contributed by atoms with Crippen molar-refractivity contribution >= 4 is 5.69 Å². The Bertz CT molecular complexity index is 412. The third-order valence-corrected chi connectivity index (χ3v) is 3.42. The van der Waals surface area contributed by atoms with Crippen LogP contribution in [0.25, 0.3) is 0 Å². The minimum atomic E-state index is 0.208. The highest BCUT2D eigenvalue weighted by Gasteiger charge is 2.22. The highest BCUT2D eigenvalue weighted by atomic mass is 16.5. The Morgan fingerprint density at radius 1 is 1.32 bits per heavy atom. The average Bonchev–Trinajstić information content (AvgIpc) is 2.40. The van der Waals surface area contributed by atoms with Crippen molar-refractivity contribution in [3.05, 3.63) is 6.33 Å². The number of aromatic nitrogens is 2. The molecule has 1 fully saturated rings. The van der Waals surface area contributed by atoms with Gasteiger partial charge in [-0.3, -0.25) is 0 Å². The Labute approximate surface area is 114 Å². The summed E-state index contributed by atoms with van der Waals surface area (Å²) < 4.78 is 11.4. The van der Waals surface area contributed by atoms with E-state index in [9.17, 15) is 0 Å². The van der Waals surface area contributed by atoms with Crippen molar-refractivity contribution in [3.63, 3.8) is 0 Å². The van der Waals surface area contributed by atoms with E-state index in [1.54, 1.807) is 0 Å². The van der Waals surface area contributed by atoms with E-state index < -0.39 is 0 Å². The predicted molar refractivity (Wildman–Crippen MR) is 74.3 cm³/mol. The quantitative estimate of drug-likeness (QED) is 0.886. The summed E-state index contributed by atoms with van der Waals surface area (Å²) in [6, 6.07) is 0. The van der Waals surface area contributed by atoms with E-state index in [1.165, 1.54) is 19.2 Å². The summed E-state index contributed by atoms with van der Waals surface area (Å²) in [7, 11) is 0. The van der Waals surface area contributed by atoms with Gasteiger partial charge in [-0.25, -0.2) is 0 Å². The molecule has 1 heterocycles. The van der Waals surface area contributed by atoms with Gasteiger partial charge >= 0.3 is 0 Å². The van der Waals surface area contributed by atoms with Crippen molar-refractivity contribution in [2.75, 3.05) is 12.3 Å². The molecule has 0 radical (unpaired) electrons. The van der Waals surface area contributed by atoms with E-state index >= 15 is 0 Å². The van der Waals surface area contributed by atoms with E-state index in [2.05, 4.69) is 16.9 Å². The highest BCUT2D eigenvalue weighted by molar-refractivity contribution is 5.55. The van der Waals surface area contributed by atoms with E-state index in [-0.39, 0.29) is 6.10 Å². The zero-order valence-electron chi connectivity index (χ0n) is 11.8. The SMILES string of the molecule is CCCOc1ncnc(OC2CCCC(C)C2)c1N. The van der Waals surface area contributed by atoms with Gasteiger partial charge in [0.1, 0.15) is 12.4 Å². The van der Waals surface area contributed by atoms with Gasteiger partial charge in [0.25, 0.3) is 0 Å². The molecular formula is C14H23N3O2. The molecule has 0 bridgehead atoms. The third-order valence-electron chi connectivity index (χ3n) is 3.42. The number of nitrogens with zero attached hydrogens (tertiary/aromatic N) is 2. The molecule has 1 aliphatic carbocycles. The maximum Gasteiger partial charge on any atom is 0.244 e. The molecule has 1 aliphatic rings. The van der Waals surface area contributed by atoms with Crippen LogP contribution in [0.2, 0.25) is 0 Å². The first-order chi connectivity index (χ1) is 9.20. The Hall–Kier alpha value is -1.52. The lowest BCUT2D eigenvalue weighted by atomic mass is 9.89.